The van der Waals surface area contributed by atoms with Crippen LogP contribution in [0.5, 0.6) is 5.75 Å². The van der Waals surface area contributed by atoms with E-state index in [1.54, 1.807) is 29.4 Å². The molecule has 0 atom stereocenters. The van der Waals surface area contributed by atoms with Gasteiger partial charge in [-0.1, -0.05) is 0 Å². The Morgan fingerprint density at radius 1 is 1.25 bits per heavy atom. The first kappa shape index (κ1) is 22.1. The molecule has 0 aliphatic carbocycles. The predicted molar refractivity (Wildman–Crippen MR) is 127 cm³/mol. The average Bonchev–Trinajstić information content (AvgIpc) is 3.15. The van der Waals surface area contributed by atoms with E-state index in [4.69, 9.17) is 9.72 Å². The third-order valence-electron chi connectivity index (χ3n) is 5.33. The van der Waals surface area contributed by atoms with Gasteiger partial charge in [-0.05, 0) is 44.9 Å². The molecule has 0 amide bonds. The molecule has 168 valence electrons. The molecule has 3 aromatic rings. The first-order valence-electron chi connectivity index (χ1n) is 10.7. The van der Waals surface area contributed by atoms with E-state index in [0.717, 1.165) is 48.4 Å². The van der Waals surface area contributed by atoms with E-state index in [-0.39, 0.29) is 12.1 Å². The van der Waals surface area contributed by atoms with E-state index in [0.29, 0.717) is 11.3 Å². The van der Waals surface area contributed by atoms with Crippen molar-refractivity contribution in [1.29, 1.82) is 5.26 Å². The zero-order chi connectivity index (χ0) is 22.9. The van der Waals surface area contributed by atoms with E-state index in [1.807, 2.05) is 38.2 Å². The third kappa shape index (κ3) is 4.86. The maximum absolute atomic E-state index is 12.0. The van der Waals surface area contributed by atoms with Gasteiger partial charge in [0.05, 0.1) is 35.6 Å². The van der Waals surface area contributed by atoms with Crippen molar-refractivity contribution < 1.29 is 8.95 Å². The van der Waals surface area contributed by atoms with Crippen LogP contribution in [-0.2, 0) is 9.73 Å². The largest absolute Gasteiger partial charge is 0.489 e. The van der Waals surface area contributed by atoms with Gasteiger partial charge in [0, 0.05) is 52.7 Å². The molecular weight excluding hydrogens is 424 g/mol. The lowest BCUT2D eigenvalue weighted by atomic mass is 10.0. The molecule has 8 nitrogen and oxygen atoms in total. The van der Waals surface area contributed by atoms with Gasteiger partial charge in [-0.25, -0.2) is 13.9 Å². The summed E-state index contributed by atoms with van der Waals surface area (Å²) in [5.74, 6) is 1.59. The molecular formula is C23H28N6O2S. The molecule has 0 saturated carbocycles. The van der Waals surface area contributed by atoms with Gasteiger partial charge in [-0.3, -0.25) is 4.21 Å². The number of hydrogen-bond acceptors (Lipinski definition) is 7. The molecule has 32 heavy (non-hydrogen) atoms. The van der Waals surface area contributed by atoms with Crippen LogP contribution in [0.4, 0.5) is 5.82 Å². The normalized spacial score (nSPS) is 15.2. The minimum atomic E-state index is -2.07. The van der Waals surface area contributed by atoms with Crippen molar-refractivity contribution >= 4 is 21.1 Å². The lowest BCUT2D eigenvalue weighted by Gasteiger charge is -2.31. The molecule has 0 N–H and O–H groups in total. The highest BCUT2D eigenvalue weighted by atomic mass is 32.2. The van der Waals surface area contributed by atoms with Crippen LogP contribution in [0.1, 0.15) is 32.3 Å². The number of rotatable bonds is 5. The van der Waals surface area contributed by atoms with Crippen LogP contribution < -0.4 is 9.64 Å². The lowest BCUT2D eigenvalue weighted by Crippen LogP contribution is -2.36. The number of nitrogens with zero attached hydrogens (tertiary/aromatic N) is 6. The second-order valence-corrected chi connectivity index (χ2v) is 11.2. The van der Waals surface area contributed by atoms with Crippen LogP contribution in [0.25, 0.3) is 16.6 Å². The monoisotopic (exact) mass is 452 g/mol. The highest BCUT2D eigenvalue weighted by Crippen LogP contribution is 2.32. The first-order valence-corrected chi connectivity index (χ1v) is 13.0. The summed E-state index contributed by atoms with van der Waals surface area (Å²) < 4.78 is 24.0. The Morgan fingerprint density at radius 2 is 2.00 bits per heavy atom. The first-order chi connectivity index (χ1) is 15.2. The Kier molecular flexibility index (Phi) is 6.07. The molecule has 1 aliphatic heterocycles. The quantitative estimate of drug-likeness (QED) is 0.585. The Labute approximate surface area is 189 Å². The number of fused-ring (bicyclic) bond motifs is 1. The second-order valence-electron chi connectivity index (χ2n) is 8.63. The number of nitriles is 1. The number of anilines is 1. The molecule has 0 bridgehead atoms. The molecule has 1 saturated heterocycles. The number of ether oxygens (including phenoxy) is 1. The summed E-state index contributed by atoms with van der Waals surface area (Å²) in [5, 5.41) is 13.9. The van der Waals surface area contributed by atoms with Gasteiger partial charge in [0.1, 0.15) is 17.6 Å². The van der Waals surface area contributed by atoms with E-state index >= 15 is 0 Å². The zero-order valence-corrected chi connectivity index (χ0v) is 19.7. The van der Waals surface area contributed by atoms with Gasteiger partial charge >= 0.3 is 0 Å². The lowest BCUT2D eigenvalue weighted by molar-refractivity contribution is 0.241. The minimum Gasteiger partial charge on any atom is -0.489 e. The van der Waals surface area contributed by atoms with Gasteiger partial charge in [0.25, 0.3) is 0 Å². The highest BCUT2D eigenvalue weighted by molar-refractivity contribution is 7.92. The van der Waals surface area contributed by atoms with Crippen molar-refractivity contribution in [3.05, 3.63) is 42.4 Å². The molecule has 9 heteroatoms. The number of piperidine rings is 1. The maximum atomic E-state index is 12.0. The van der Waals surface area contributed by atoms with Crippen molar-refractivity contribution in [3.8, 4) is 22.9 Å². The van der Waals surface area contributed by atoms with Crippen LogP contribution in [0.2, 0.25) is 0 Å². The smallest absolute Gasteiger partial charge is 0.138 e. The molecule has 0 spiro atoms. The van der Waals surface area contributed by atoms with Gasteiger partial charge in [0.15, 0.2) is 0 Å². The van der Waals surface area contributed by atoms with E-state index in [1.165, 1.54) is 0 Å². The molecule has 3 aromatic heterocycles. The van der Waals surface area contributed by atoms with Crippen LogP contribution in [0.15, 0.2) is 41.2 Å². The summed E-state index contributed by atoms with van der Waals surface area (Å²) in [6, 6.07) is 8.33. The topological polar surface area (TPSA) is 95.9 Å². The fraction of sp³-hybridized carbons (Fsp3) is 0.435. The summed E-state index contributed by atoms with van der Waals surface area (Å²) >= 11 is 0. The zero-order valence-electron chi connectivity index (χ0n) is 18.9. The standard InChI is InChI=1S/C23H28N6O2S/c1-16(2)31-20-11-21(23-18(12-24)14-26-29(23)15-20)17-5-6-22(25-13-17)28-9-7-19(8-10-28)27-32(3,4)30/h5-6,11,13-16,19H,7-10H2,1-4H3. The molecule has 1 fully saturated rings. The SMILES string of the molecule is CC(C)Oc1cc(-c2ccc(N3CCC(N=S(C)(C)=O)CC3)nc2)c2c(C#N)cnn2c1. The number of hydrogen-bond donors (Lipinski definition) is 0. The Hall–Kier alpha value is -3.12. The molecule has 0 aromatic carbocycles. The van der Waals surface area contributed by atoms with Gasteiger partial charge in [-0.15, -0.1) is 0 Å². The summed E-state index contributed by atoms with van der Waals surface area (Å²) in [7, 11) is -2.07. The molecule has 4 rings (SSSR count). The summed E-state index contributed by atoms with van der Waals surface area (Å²) in [4.78, 5) is 6.93. The van der Waals surface area contributed by atoms with E-state index in [9.17, 15) is 9.47 Å². The van der Waals surface area contributed by atoms with Crippen LogP contribution in [-0.4, -0.2) is 56.6 Å². The summed E-state index contributed by atoms with van der Waals surface area (Å²) in [5.41, 5.74) is 3.00. The number of pyridine rings is 2. The van der Waals surface area contributed by atoms with Crippen molar-refractivity contribution in [2.75, 3.05) is 30.5 Å². The molecule has 1 aliphatic rings. The second kappa shape index (κ2) is 8.79. The van der Waals surface area contributed by atoms with Crippen molar-refractivity contribution in [2.24, 2.45) is 4.36 Å². The third-order valence-corrected chi connectivity index (χ3v) is 6.14. The Balaban J connectivity index is 1.61. The Bertz CT molecular complexity index is 1270. The summed E-state index contributed by atoms with van der Waals surface area (Å²) in [6.07, 6.45) is 10.3. The van der Waals surface area contributed by atoms with Crippen LogP contribution in [0.3, 0.4) is 0 Å². The van der Waals surface area contributed by atoms with Gasteiger partial charge in [-0.2, -0.15) is 10.4 Å². The molecule has 0 unspecified atom stereocenters. The van der Waals surface area contributed by atoms with Crippen molar-refractivity contribution in [3.63, 3.8) is 0 Å². The fourth-order valence-corrected chi connectivity index (χ4v) is 4.96. The predicted octanol–water partition coefficient (Wildman–Crippen LogP) is 3.75. The molecule has 0 radical (unpaired) electrons. The van der Waals surface area contributed by atoms with Crippen LogP contribution >= 0.6 is 0 Å². The van der Waals surface area contributed by atoms with Gasteiger partial charge < -0.3 is 9.64 Å². The van der Waals surface area contributed by atoms with Crippen molar-refractivity contribution in [1.82, 2.24) is 14.6 Å². The fourth-order valence-electron chi connectivity index (χ4n) is 4.03. The van der Waals surface area contributed by atoms with Gasteiger partial charge in [0.2, 0.25) is 0 Å². The van der Waals surface area contributed by atoms with Crippen LogP contribution in [0, 0.1) is 11.3 Å². The van der Waals surface area contributed by atoms with E-state index in [2.05, 4.69) is 20.4 Å². The summed E-state index contributed by atoms with van der Waals surface area (Å²) in [6.45, 7) is 5.61. The maximum Gasteiger partial charge on any atom is 0.138 e. The number of aromatic nitrogens is 3. The molecule has 4 heterocycles. The highest BCUT2D eigenvalue weighted by Gasteiger charge is 2.21. The Morgan fingerprint density at radius 3 is 2.59 bits per heavy atom. The van der Waals surface area contributed by atoms with Crippen molar-refractivity contribution in [2.45, 2.75) is 38.8 Å². The minimum absolute atomic E-state index is 0.0234. The van der Waals surface area contributed by atoms with E-state index < -0.39 is 9.73 Å². The average molecular weight is 453 g/mol.